The second kappa shape index (κ2) is 6.31. The van der Waals surface area contributed by atoms with Crippen molar-refractivity contribution >= 4 is 5.91 Å². The van der Waals surface area contributed by atoms with E-state index in [1.807, 2.05) is 13.0 Å². The number of aromatic nitrogens is 2. The number of likely N-dealkylation sites (tertiary alicyclic amines) is 1. The number of nitrogens with one attached hydrogen (secondary N) is 1. The van der Waals surface area contributed by atoms with Gasteiger partial charge in [-0.15, -0.1) is 0 Å². The first-order chi connectivity index (χ1) is 12.1. The number of aliphatic hydroxyl groups excluding tert-OH is 1. The average Bonchev–Trinajstić information content (AvgIpc) is 3.32. The molecule has 2 aliphatic rings. The third-order valence-corrected chi connectivity index (χ3v) is 5.68. The smallest absolute Gasteiger partial charge is 0.274 e. The highest BCUT2D eigenvalue weighted by molar-refractivity contribution is 5.93. The zero-order valence-electron chi connectivity index (χ0n) is 14.3. The molecule has 1 aliphatic heterocycles. The first-order valence-electron chi connectivity index (χ1n) is 8.82. The van der Waals surface area contributed by atoms with Crippen LogP contribution in [-0.2, 0) is 4.74 Å². The summed E-state index contributed by atoms with van der Waals surface area (Å²) in [7, 11) is 0. The van der Waals surface area contributed by atoms with Gasteiger partial charge in [-0.3, -0.25) is 9.89 Å². The largest absolute Gasteiger partial charge is 0.463 e. The number of rotatable bonds is 4. The molecule has 1 amide bonds. The van der Waals surface area contributed by atoms with E-state index in [1.54, 1.807) is 23.3 Å². The van der Waals surface area contributed by atoms with E-state index in [1.165, 1.54) is 0 Å². The van der Waals surface area contributed by atoms with Gasteiger partial charge in [0.25, 0.3) is 5.91 Å². The third kappa shape index (κ3) is 2.67. The lowest BCUT2D eigenvalue weighted by atomic mass is 9.58. The number of carbonyl (C=O) groups is 1. The van der Waals surface area contributed by atoms with E-state index in [2.05, 4.69) is 10.2 Å². The summed E-state index contributed by atoms with van der Waals surface area (Å²) in [4.78, 5) is 14.5. The summed E-state index contributed by atoms with van der Waals surface area (Å²) in [6.07, 6.45) is 3.60. The third-order valence-electron chi connectivity index (χ3n) is 5.68. The minimum absolute atomic E-state index is 0.0920. The number of aromatic amines is 1. The minimum atomic E-state index is -0.322. The highest BCUT2D eigenvalue weighted by Crippen LogP contribution is 2.51. The summed E-state index contributed by atoms with van der Waals surface area (Å²) in [5.74, 6) is 0.562. The SMILES string of the molecule is CCOC1CC(O)C12CCN(C(=O)c1cc(-c3ccco3)[nH]n1)CC2. The van der Waals surface area contributed by atoms with Crippen LogP contribution >= 0.6 is 0 Å². The van der Waals surface area contributed by atoms with Gasteiger partial charge >= 0.3 is 0 Å². The Morgan fingerprint density at radius 1 is 1.52 bits per heavy atom. The molecule has 0 aromatic carbocycles. The number of carbonyl (C=O) groups excluding carboxylic acids is 1. The molecule has 2 fully saturated rings. The molecular weight excluding hydrogens is 322 g/mol. The molecule has 134 valence electrons. The van der Waals surface area contributed by atoms with E-state index in [4.69, 9.17) is 9.15 Å². The first kappa shape index (κ1) is 16.4. The average molecular weight is 345 g/mol. The van der Waals surface area contributed by atoms with Crippen molar-refractivity contribution in [3.8, 4) is 11.5 Å². The lowest BCUT2D eigenvalue weighted by Crippen LogP contribution is -2.62. The number of ether oxygens (including phenoxy) is 1. The molecule has 2 unspecified atom stereocenters. The summed E-state index contributed by atoms with van der Waals surface area (Å²) in [5, 5.41) is 17.2. The summed E-state index contributed by atoms with van der Waals surface area (Å²) < 4.78 is 11.1. The van der Waals surface area contributed by atoms with E-state index in [9.17, 15) is 9.90 Å². The van der Waals surface area contributed by atoms with Crippen molar-refractivity contribution in [1.29, 1.82) is 0 Å². The van der Waals surface area contributed by atoms with Gasteiger partial charge in [0.1, 0.15) is 5.69 Å². The fraction of sp³-hybridized carbons (Fsp3) is 0.556. The van der Waals surface area contributed by atoms with Crippen LogP contribution in [0.4, 0.5) is 0 Å². The van der Waals surface area contributed by atoms with E-state index < -0.39 is 0 Å². The number of nitrogens with zero attached hydrogens (tertiary/aromatic N) is 2. The lowest BCUT2D eigenvalue weighted by Gasteiger charge is -2.56. The van der Waals surface area contributed by atoms with Gasteiger partial charge in [0.2, 0.25) is 0 Å². The van der Waals surface area contributed by atoms with E-state index in [0.29, 0.717) is 43.3 Å². The van der Waals surface area contributed by atoms with Crippen molar-refractivity contribution < 1.29 is 19.1 Å². The van der Waals surface area contributed by atoms with Crippen LogP contribution in [0.3, 0.4) is 0 Å². The molecule has 3 heterocycles. The van der Waals surface area contributed by atoms with Gasteiger partial charge in [-0.25, -0.2) is 0 Å². The summed E-state index contributed by atoms with van der Waals surface area (Å²) in [6, 6.07) is 5.32. The van der Waals surface area contributed by atoms with Crippen molar-refractivity contribution in [3.63, 3.8) is 0 Å². The standard InChI is InChI=1S/C18H23N3O4/c1-2-24-16-11-15(22)18(16)5-7-21(8-6-18)17(23)13-10-12(19-20-13)14-4-3-9-25-14/h3-4,9-10,15-16,22H,2,5-8,11H2,1H3,(H,19,20). The maximum atomic E-state index is 12.7. The minimum Gasteiger partial charge on any atom is -0.463 e. The molecule has 1 aliphatic carbocycles. The van der Waals surface area contributed by atoms with Gasteiger partial charge in [0.15, 0.2) is 11.5 Å². The van der Waals surface area contributed by atoms with Crippen LogP contribution in [0.2, 0.25) is 0 Å². The van der Waals surface area contributed by atoms with Crippen LogP contribution in [-0.4, -0.2) is 58.0 Å². The summed E-state index contributed by atoms with van der Waals surface area (Å²) in [5.41, 5.74) is 0.892. The van der Waals surface area contributed by atoms with Gasteiger partial charge in [0.05, 0.1) is 18.5 Å². The number of furan rings is 1. The topological polar surface area (TPSA) is 91.6 Å². The molecule has 1 spiro atoms. The van der Waals surface area contributed by atoms with Crippen LogP contribution < -0.4 is 0 Å². The highest BCUT2D eigenvalue weighted by atomic mass is 16.5. The highest BCUT2D eigenvalue weighted by Gasteiger charge is 2.56. The number of piperidine rings is 1. The predicted molar refractivity (Wildman–Crippen MR) is 89.9 cm³/mol. The normalized spacial score (nSPS) is 25.1. The molecule has 7 heteroatoms. The predicted octanol–water partition coefficient (Wildman–Crippen LogP) is 2.06. The van der Waals surface area contributed by atoms with Crippen LogP contribution in [0.5, 0.6) is 0 Å². The Labute approximate surface area is 146 Å². The Hall–Kier alpha value is -2.12. The maximum Gasteiger partial charge on any atom is 0.274 e. The molecule has 2 aromatic rings. The number of H-pyrrole nitrogens is 1. The molecule has 1 saturated heterocycles. The molecule has 1 saturated carbocycles. The van der Waals surface area contributed by atoms with Gasteiger partial charge < -0.3 is 19.2 Å². The Balaban J connectivity index is 1.42. The van der Waals surface area contributed by atoms with Gasteiger partial charge in [0, 0.05) is 37.6 Å². The van der Waals surface area contributed by atoms with Crippen molar-refractivity contribution in [3.05, 3.63) is 30.2 Å². The molecule has 7 nitrogen and oxygen atoms in total. The Morgan fingerprint density at radius 2 is 2.32 bits per heavy atom. The van der Waals surface area contributed by atoms with Crippen molar-refractivity contribution in [2.24, 2.45) is 5.41 Å². The van der Waals surface area contributed by atoms with Crippen molar-refractivity contribution in [2.75, 3.05) is 19.7 Å². The molecule has 0 radical (unpaired) electrons. The zero-order valence-corrected chi connectivity index (χ0v) is 14.3. The van der Waals surface area contributed by atoms with E-state index in [0.717, 1.165) is 12.8 Å². The second-order valence-electron chi connectivity index (χ2n) is 6.87. The fourth-order valence-corrected chi connectivity index (χ4v) is 4.09. The number of amides is 1. The first-order valence-corrected chi connectivity index (χ1v) is 8.82. The second-order valence-corrected chi connectivity index (χ2v) is 6.87. The molecule has 2 N–H and O–H groups in total. The van der Waals surface area contributed by atoms with E-state index in [-0.39, 0.29) is 23.5 Å². The molecule has 4 rings (SSSR count). The van der Waals surface area contributed by atoms with Gasteiger partial charge in [-0.1, -0.05) is 0 Å². The Morgan fingerprint density at radius 3 is 2.96 bits per heavy atom. The Bertz CT molecular complexity index is 729. The fourth-order valence-electron chi connectivity index (χ4n) is 4.09. The summed E-state index contributed by atoms with van der Waals surface area (Å²) in [6.45, 7) is 3.86. The molecular formula is C18H23N3O4. The van der Waals surface area contributed by atoms with Crippen molar-refractivity contribution in [1.82, 2.24) is 15.1 Å². The zero-order chi connectivity index (χ0) is 17.4. The molecule has 25 heavy (non-hydrogen) atoms. The Kier molecular flexibility index (Phi) is 4.13. The molecule has 2 atom stereocenters. The van der Waals surface area contributed by atoms with Gasteiger partial charge in [-0.2, -0.15) is 5.10 Å². The van der Waals surface area contributed by atoms with Crippen LogP contribution in [0, 0.1) is 5.41 Å². The molecule has 0 bridgehead atoms. The van der Waals surface area contributed by atoms with E-state index >= 15 is 0 Å². The summed E-state index contributed by atoms with van der Waals surface area (Å²) >= 11 is 0. The number of hydrogen-bond acceptors (Lipinski definition) is 5. The van der Waals surface area contributed by atoms with Crippen LogP contribution in [0.25, 0.3) is 11.5 Å². The van der Waals surface area contributed by atoms with Crippen molar-refractivity contribution in [2.45, 2.75) is 38.4 Å². The van der Waals surface area contributed by atoms with Crippen LogP contribution in [0.15, 0.2) is 28.9 Å². The van der Waals surface area contributed by atoms with Crippen LogP contribution in [0.1, 0.15) is 36.7 Å². The number of aliphatic hydroxyl groups is 1. The number of hydrogen-bond donors (Lipinski definition) is 2. The monoisotopic (exact) mass is 345 g/mol. The van der Waals surface area contributed by atoms with Gasteiger partial charge in [-0.05, 0) is 31.9 Å². The maximum absolute atomic E-state index is 12.7. The lowest BCUT2D eigenvalue weighted by molar-refractivity contribution is -0.207. The quantitative estimate of drug-likeness (QED) is 0.885. The molecule has 2 aromatic heterocycles.